The molecule has 0 N–H and O–H groups in total. The summed E-state index contributed by atoms with van der Waals surface area (Å²) in [4.78, 5) is 6.03. The van der Waals surface area contributed by atoms with Crippen molar-refractivity contribution in [2.75, 3.05) is 26.6 Å². The maximum atomic E-state index is 11.7. The monoisotopic (exact) mass is 278 g/mol. The van der Waals surface area contributed by atoms with Crippen molar-refractivity contribution in [3.8, 4) is 6.07 Å². The van der Waals surface area contributed by atoms with E-state index in [1.54, 1.807) is 35.9 Å². The average molecular weight is 278 g/mol. The predicted octanol–water partition coefficient (Wildman–Crippen LogP) is 2.45. The Labute approximate surface area is 114 Å². The number of nitrogens with zero attached hydrogens (tertiary/aromatic N) is 4. The molecule has 0 aromatic heterocycles. The van der Waals surface area contributed by atoms with Crippen LogP contribution in [0.3, 0.4) is 0 Å². The molecule has 1 rings (SSSR count). The maximum absolute atomic E-state index is 11.7. The molecule has 0 bridgehead atoms. The first-order valence-electron chi connectivity index (χ1n) is 5.65. The van der Waals surface area contributed by atoms with E-state index in [1.807, 2.05) is 21.0 Å². The molecule has 0 amide bonds. The number of rotatable bonds is 3. The molecule has 6 heteroatoms. The highest BCUT2D eigenvalue weighted by Crippen LogP contribution is 2.29. The molecule has 19 heavy (non-hydrogen) atoms. The number of aryl methyl sites for hydroxylation is 1. The standard InChI is InChI=1S/C13H18N4OS/c1-10-6-11(16-19(4,5)18)7-13(12(10)8-14)15-9-17(2)3/h6-7,9H,1-5H3. The van der Waals surface area contributed by atoms with Crippen molar-refractivity contribution in [3.63, 3.8) is 0 Å². The Morgan fingerprint density at radius 3 is 2.47 bits per heavy atom. The number of benzene rings is 1. The van der Waals surface area contributed by atoms with Gasteiger partial charge in [0.1, 0.15) is 6.07 Å². The molecule has 0 heterocycles. The highest BCUT2D eigenvalue weighted by Gasteiger charge is 2.07. The quantitative estimate of drug-likeness (QED) is 0.630. The first kappa shape index (κ1) is 15.2. The summed E-state index contributed by atoms with van der Waals surface area (Å²) in [6.45, 7) is 1.82. The molecule has 1 aromatic rings. The van der Waals surface area contributed by atoms with Gasteiger partial charge in [-0.1, -0.05) is 0 Å². The van der Waals surface area contributed by atoms with Crippen LogP contribution < -0.4 is 0 Å². The summed E-state index contributed by atoms with van der Waals surface area (Å²) in [6.07, 6.45) is 4.77. The number of nitriles is 1. The third-order valence-electron chi connectivity index (χ3n) is 2.16. The summed E-state index contributed by atoms with van der Waals surface area (Å²) in [6, 6.07) is 5.56. The lowest BCUT2D eigenvalue weighted by molar-refractivity contribution is 0.643. The van der Waals surface area contributed by atoms with Crippen LogP contribution in [0.25, 0.3) is 0 Å². The molecule has 0 radical (unpaired) electrons. The van der Waals surface area contributed by atoms with Gasteiger partial charge in [-0.3, -0.25) is 0 Å². The molecule has 102 valence electrons. The summed E-state index contributed by atoms with van der Waals surface area (Å²) in [5.74, 6) is 0. The fourth-order valence-electron chi connectivity index (χ4n) is 1.48. The summed E-state index contributed by atoms with van der Waals surface area (Å²) < 4.78 is 15.9. The van der Waals surface area contributed by atoms with Gasteiger partial charge >= 0.3 is 0 Å². The molecule has 1 aromatic carbocycles. The summed E-state index contributed by atoms with van der Waals surface area (Å²) >= 11 is 0. The smallest absolute Gasteiger partial charge is 0.102 e. The first-order chi connectivity index (χ1) is 8.73. The molecule has 5 nitrogen and oxygen atoms in total. The van der Waals surface area contributed by atoms with Crippen LogP contribution in [-0.2, 0) is 9.73 Å². The van der Waals surface area contributed by atoms with Gasteiger partial charge < -0.3 is 4.90 Å². The fraction of sp³-hybridized carbons (Fsp3) is 0.385. The SMILES string of the molecule is Cc1cc(N=S(C)(C)=O)cc(N=CN(C)C)c1C#N. The average Bonchev–Trinajstić information content (AvgIpc) is 2.23. The van der Waals surface area contributed by atoms with Crippen LogP contribution in [0.2, 0.25) is 0 Å². The second-order valence-corrected chi connectivity index (χ2v) is 7.29. The normalized spacial score (nSPS) is 11.4. The maximum Gasteiger partial charge on any atom is 0.102 e. The van der Waals surface area contributed by atoms with E-state index in [1.165, 1.54) is 0 Å². The van der Waals surface area contributed by atoms with Crippen molar-refractivity contribution in [1.82, 2.24) is 4.90 Å². The second kappa shape index (κ2) is 5.85. The highest BCUT2D eigenvalue weighted by molar-refractivity contribution is 7.92. The van der Waals surface area contributed by atoms with Crippen LogP contribution in [0.15, 0.2) is 21.5 Å². The van der Waals surface area contributed by atoms with Crippen LogP contribution in [0.1, 0.15) is 11.1 Å². The van der Waals surface area contributed by atoms with Gasteiger partial charge in [0.25, 0.3) is 0 Å². The van der Waals surface area contributed by atoms with Crippen LogP contribution in [0.5, 0.6) is 0 Å². The minimum atomic E-state index is -2.23. The number of hydrogen-bond acceptors (Lipinski definition) is 4. The summed E-state index contributed by atoms with van der Waals surface area (Å²) in [5, 5.41) is 9.16. The molecular weight excluding hydrogens is 260 g/mol. The minimum absolute atomic E-state index is 0.510. The van der Waals surface area contributed by atoms with Gasteiger partial charge in [0.15, 0.2) is 0 Å². The lowest BCUT2D eigenvalue weighted by atomic mass is 10.1. The number of aliphatic imine (C=N–C) groups is 1. The Morgan fingerprint density at radius 1 is 1.37 bits per heavy atom. The Morgan fingerprint density at radius 2 is 2.00 bits per heavy atom. The lowest BCUT2D eigenvalue weighted by Gasteiger charge is -2.07. The molecule has 0 aliphatic carbocycles. The van der Waals surface area contributed by atoms with E-state index in [4.69, 9.17) is 5.26 Å². The van der Waals surface area contributed by atoms with Gasteiger partial charge in [-0.2, -0.15) is 9.62 Å². The van der Waals surface area contributed by atoms with Gasteiger partial charge in [0.05, 0.1) is 23.3 Å². The summed E-state index contributed by atoms with van der Waals surface area (Å²) in [5.41, 5.74) is 2.41. The van der Waals surface area contributed by atoms with Crippen LogP contribution >= 0.6 is 0 Å². The van der Waals surface area contributed by atoms with Gasteiger partial charge in [0, 0.05) is 36.3 Å². The van der Waals surface area contributed by atoms with Gasteiger partial charge in [0.2, 0.25) is 0 Å². The van der Waals surface area contributed by atoms with Crippen LogP contribution in [-0.4, -0.2) is 42.1 Å². The van der Waals surface area contributed by atoms with Crippen molar-refractivity contribution >= 4 is 27.4 Å². The van der Waals surface area contributed by atoms with Crippen molar-refractivity contribution in [2.45, 2.75) is 6.92 Å². The predicted molar refractivity (Wildman–Crippen MR) is 79.8 cm³/mol. The zero-order chi connectivity index (χ0) is 14.6. The van der Waals surface area contributed by atoms with Crippen LogP contribution in [0.4, 0.5) is 11.4 Å². The molecule has 0 saturated carbocycles. The molecule has 0 spiro atoms. The third kappa shape index (κ3) is 4.72. The highest BCUT2D eigenvalue weighted by atomic mass is 32.2. The van der Waals surface area contributed by atoms with E-state index >= 15 is 0 Å². The molecule has 0 aliphatic heterocycles. The van der Waals surface area contributed by atoms with Gasteiger partial charge in [-0.05, 0) is 24.6 Å². The van der Waals surface area contributed by atoms with Gasteiger partial charge in [-0.25, -0.2) is 9.20 Å². The van der Waals surface area contributed by atoms with E-state index in [9.17, 15) is 4.21 Å². The first-order valence-corrected chi connectivity index (χ1v) is 7.98. The van der Waals surface area contributed by atoms with E-state index in [2.05, 4.69) is 15.4 Å². The molecular formula is C13H18N4OS. The van der Waals surface area contributed by atoms with Crippen molar-refractivity contribution < 1.29 is 4.21 Å². The Kier molecular flexibility index (Phi) is 4.67. The summed E-state index contributed by atoms with van der Waals surface area (Å²) in [7, 11) is 1.47. The Hall–Kier alpha value is -1.87. The largest absolute Gasteiger partial charge is 0.369 e. The fourth-order valence-corrected chi connectivity index (χ4v) is 2.09. The topological polar surface area (TPSA) is 68.8 Å². The second-order valence-electron chi connectivity index (χ2n) is 4.75. The zero-order valence-corrected chi connectivity index (χ0v) is 12.7. The van der Waals surface area contributed by atoms with Crippen molar-refractivity contribution in [2.24, 2.45) is 9.36 Å². The molecule has 0 fully saturated rings. The zero-order valence-electron chi connectivity index (χ0n) is 11.8. The minimum Gasteiger partial charge on any atom is -0.369 e. The van der Waals surface area contributed by atoms with Gasteiger partial charge in [-0.15, -0.1) is 0 Å². The lowest BCUT2D eigenvalue weighted by Crippen LogP contribution is -2.07. The van der Waals surface area contributed by atoms with E-state index in [0.717, 1.165) is 5.56 Å². The van der Waals surface area contributed by atoms with Crippen molar-refractivity contribution in [1.29, 1.82) is 5.26 Å². The van der Waals surface area contributed by atoms with Crippen molar-refractivity contribution in [3.05, 3.63) is 23.3 Å². The van der Waals surface area contributed by atoms with E-state index < -0.39 is 9.73 Å². The third-order valence-corrected chi connectivity index (χ3v) is 2.81. The van der Waals surface area contributed by atoms with E-state index in [0.29, 0.717) is 16.9 Å². The Balaban J connectivity index is 3.44. The molecule has 0 atom stereocenters. The Bertz CT molecular complexity index is 654. The number of hydrogen-bond donors (Lipinski definition) is 0. The molecule has 0 aliphatic rings. The van der Waals surface area contributed by atoms with E-state index in [-0.39, 0.29) is 0 Å². The van der Waals surface area contributed by atoms with Crippen LogP contribution in [0, 0.1) is 18.3 Å². The molecule has 0 unspecified atom stereocenters. The molecule has 0 saturated heterocycles.